The molecule has 8 heteroatoms. The lowest BCUT2D eigenvalue weighted by molar-refractivity contribution is -0.135. The number of fused-ring (bicyclic) bond motifs is 1. The number of likely N-dealkylation sites (N-methyl/N-ethyl adjacent to an activating group) is 1. The molecule has 0 bridgehead atoms. The lowest BCUT2D eigenvalue weighted by Crippen LogP contribution is -2.26. The Morgan fingerprint density at radius 1 is 1.33 bits per heavy atom. The fourth-order valence-corrected chi connectivity index (χ4v) is 4.10. The summed E-state index contributed by atoms with van der Waals surface area (Å²) in [5.74, 6) is -0.410. The molecule has 5 nitrogen and oxygen atoms in total. The Bertz CT molecular complexity index is 927. The Morgan fingerprint density at radius 3 is 2.62 bits per heavy atom. The average Bonchev–Trinajstić information content (AvgIpc) is 2.82. The summed E-state index contributed by atoms with van der Waals surface area (Å²) in [4.78, 5) is 23.1. The van der Waals surface area contributed by atoms with Crippen LogP contribution in [0.25, 0.3) is 21.3 Å². The highest BCUT2D eigenvalue weighted by molar-refractivity contribution is 9.10. The third-order valence-electron chi connectivity index (χ3n) is 3.55. The van der Waals surface area contributed by atoms with E-state index in [4.69, 9.17) is 16.7 Å². The largest absolute Gasteiger partial charge is 0.480 e. The maximum absolute atomic E-state index is 11.1. The smallest absolute Gasteiger partial charge is 0.323 e. The van der Waals surface area contributed by atoms with Crippen LogP contribution in [0.5, 0.6) is 0 Å². The number of thiophene rings is 1. The van der Waals surface area contributed by atoms with Crippen LogP contribution in [0.15, 0.2) is 28.7 Å². The lowest BCUT2D eigenvalue weighted by atomic mass is 10.0. The van der Waals surface area contributed by atoms with E-state index in [-0.39, 0.29) is 11.8 Å². The Hall–Kier alpha value is -1.70. The van der Waals surface area contributed by atoms with Crippen LogP contribution < -0.4 is 4.90 Å². The molecule has 0 saturated carbocycles. The van der Waals surface area contributed by atoms with Gasteiger partial charge in [-0.2, -0.15) is 4.98 Å². The third-order valence-corrected chi connectivity index (χ3v) is 5.24. The maximum atomic E-state index is 11.1. The fraction of sp³-hybridized carbons (Fsp3) is 0.188. The van der Waals surface area contributed by atoms with Gasteiger partial charge in [0, 0.05) is 22.0 Å². The third kappa shape index (κ3) is 3.24. The zero-order chi connectivity index (χ0) is 17.4. The van der Waals surface area contributed by atoms with Gasteiger partial charge in [0.2, 0.25) is 5.28 Å². The van der Waals surface area contributed by atoms with Gasteiger partial charge in [-0.3, -0.25) is 4.79 Å². The number of aliphatic carboxylic acids is 1. The van der Waals surface area contributed by atoms with Crippen molar-refractivity contribution in [2.45, 2.75) is 6.92 Å². The first kappa shape index (κ1) is 17.1. The molecule has 0 aliphatic rings. The number of hydrogen-bond donors (Lipinski definition) is 1. The van der Waals surface area contributed by atoms with E-state index in [0.717, 1.165) is 30.7 Å². The van der Waals surface area contributed by atoms with Crippen molar-refractivity contribution in [3.05, 3.63) is 38.9 Å². The number of carboxylic acids is 1. The molecule has 0 atom stereocenters. The number of aryl methyl sites for hydroxylation is 1. The van der Waals surface area contributed by atoms with Crippen LogP contribution >= 0.6 is 38.9 Å². The van der Waals surface area contributed by atoms with Gasteiger partial charge in [0.1, 0.15) is 17.2 Å². The number of nitrogens with zero attached hydrogens (tertiary/aromatic N) is 3. The van der Waals surface area contributed by atoms with E-state index in [0.29, 0.717) is 5.82 Å². The summed E-state index contributed by atoms with van der Waals surface area (Å²) < 4.78 is 0.992. The van der Waals surface area contributed by atoms with E-state index >= 15 is 0 Å². The van der Waals surface area contributed by atoms with Gasteiger partial charge in [0.05, 0.1) is 5.39 Å². The van der Waals surface area contributed by atoms with Crippen molar-refractivity contribution in [2.24, 2.45) is 0 Å². The second-order valence-corrected chi connectivity index (χ2v) is 7.74. The van der Waals surface area contributed by atoms with Crippen LogP contribution in [-0.2, 0) is 4.79 Å². The van der Waals surface area contributed by atoms with Crippen molar-refractivity contribution in [1.29, 1.82) is 0 Å². The molecule has 124 valence electrons. The summed E-state index contributed by atoms with van der Waals surface area (Å²) in [5.41, 5.74) is 2.03. The minimum Gasteiger partial charge on any atom is -0.480 e. The maximum Gasteiger partial charge on any atom is 0.323 e. The first-order valence-corrected chi connectivity index (χ1v) is 9.01. The summed E-state index contributed by atoms with van der Waals surface area (Å²) >= 11 is 11.0. The second kappa shape index (κ2) is 6.66. The molecule has 0 saturated heterocycles. The molecule has 1 aromatic carbocycles. The van der Waals surface area contributed by atoms with Gasteiger partial charge in [-0.25, -0.2) is 4.98 Å². The number of halogens is 2. The van der Waals surface area contributed by atoms with Gasteiger partial charge in [0.15, 0.2) is 0 Å². The summed E-state index contributed by atoms with van der Waals surface area (Å²) in [6.45, 7) is 1.84. The summed E-state index contributed by atoms with van der Waals surface area (Å²) in [6, 6.07) is 7.95. The molecule has 0 amide bonds. The van der Waals surface area contributed by atoms with Crippen molar-refractivity contribution in [3.63, 3.8) is 0 Å². The van der Waals surface area contributed by atoms with Gasteiger partial charge < -0.3 is 10.0 Å². The van der Waals surface area contributed by atoms with E-state index in [1.54, 1.807) is 11.9 Å². The number of rotatable bonds is 4. The molecule has 0 radical (unpaired) electrons. The van der Waals surface area contributed by atoms with Crippen LogP contribution in [0.4, 0.5) is 5.82 Å². The summed E-state index contributed by atoms with van der Waals surface area (Å²) in [5, 5.41) is 10.0. The first-order valence-electron chi connectivity index (χ1n) is 7.02. The molecule has 1 N–H and O–H groups in total. The van der Waals surface area contributed by atoms with Crippen molar-refractivity contribution in [1.82, 2.24) is 9.97 Å². The number of carbonyl (C=O) groups is 1. The predicted octanol–water partition coefficient (Wildman–Crippen LogP) is 4.60. The van der Waals surface area contributed by atoms with Crippen molar-refractivity contribution in [2.75, 3.05) is 18.5 Å². The normalized spacial score (nSPS) is 11.0. The van der Waals surface area contributed by atoms with E-state index in [2.05, 4.69) is 25.9 Å². The Balaban J connectivity index is 2.28. The second-order valence-electron chi connectivity index (χ2n) is 5.29. The average molecular weight is 427 g/mol. The number of benzene rings is 1. The topological polar surface area (TPSA) is 66.3 Å². The SMILES string of the molecule is Cc1sc2nc(Cl)nc(N(C)CC(=O)O)c2c1-c1ccc(Br)cc1. The first-order chi connectivity index (χ1) is 11.4. The number of hydrogen-bond acceptors (Lipinski definition) is 5. The van der Waals surface area contributed by atoms with Gasteiger partial charge in [0.25, 0.3) is 0 Å². The van der Waals surface area contributed by atoms with Gasteiger partial charge in [-0.05, 0) is 36.2 Å². The summed E-state index contributed by atoms with van der Waals surface area (Å²) in [7, 11) is 1.69. The van der Waals surface area contributed by atoms with Crippen LogP contribution in [0.3, 0.4) is 0 Å². The van der Waals surface area contributed by atoms with E-state index < -0.39 is 5.97 Å². The van der Waals surface area contributed by atoms with E-state index in [1.165, 1.54) is 11.3 Å². The highest BCUT2D eigenvalue weighted by Gasteiger charge is 2.21. The monoisotopic (exact) mass is 425 g/mol. The molecule has 3 rings (SSSR count). The quantitative estimate of drug-likeness (QED) is 0.617. The van der Waals surface area contributed by atoms with Crippen LogP contribution in [0, 0.1) is 6.92 Å². The standard InChI is InChI=1S/C16H13BrClN3O2S/c1-8-12(9-3-5-10(17)6-4-9)13-14(21(2)7-11(22)23)19-16(18)20-15(13)24-8/h3-6H,7H2,1-2H3,(H,22,23). The molecular weight excluding hydrogens is 414 g/mol. The van der Waals surface area contributed by atoms with Crippen molar-refractivity contribution in [3.8, 4) is 11.1 Å². The van der Waals surface area contributed by atoms with Crippen LogP contribution in [0.2, 0.25) is 5.28 Å². The van der Waals surface area contributed by atoms with Gasteiger partial charge in [-0.15, -0.1) is 11.3 Å². The van der Waals surface area contributed by atoms with E-state index in [9.17, 15) is 4.79 Å². The molecule has 0 fully saturated rings. The van der Waals surface area contributed by atoms with Crippen molar-refractivity contribution >= 4 is 60.9 Å². The zero-order valence-electron chi connectivity index (χ0n) is 12.9. The molecule has 3 aromatic rings. The molecule has 2 heterocycles. The minimum absolute atomic E-state index is 0.110. The number of carboxylic acid groups (broad SMARTS) is 1. The molecule has 0 aliphatic carbocycles. The highest BCUT2D eigenvalue weighted by Crippen LogP contribution is 2.42. The Kier molecular flexibility index (Phi) is 4.76. The molecule has 2 aromatic heterocycles. The highest BCUT2D eigenvalue weighted by atomic mass is 79.9. The lowest BCUT2D eigenvalue weighted by Gasteiger charge is -2.17. The zero-order valence-corrected chi connectivity index (χ0v) is 16.0. The fourth-order valence-electron chi connectivity index (χ4n) is 2.59. The van der Waals surface area contributed by atoms with Crippen molar-refractivity contribution < 1.29 is 9.90 Å². The Morgan fingerprint density at radius 2 is 2.00 bits per heavy atom. The number of anilines is 1. The van der Waals surface area contributed by atoms with Gasteiger partial charge >= 0.3 is 5.97 Å². The van der Waals surface area contributed by atoms with Gasteiger partial charge in [-0.1, -0.05) is 28.1 Å². The molecule has 0 aliphatic heterocycles. The van der Waals surface area contributed by atoms with E-state index in [1.807, 2.05) is 31.2 Å². The summed E-state index contributed by atoms with van der Waals surface area (Å²) in [6.07, 6.45) is 0. The molecule has 24 heavy (non-hydrogen) atoms. The predicted molar refractivity (Wildman–Crippen MR) is 101 cm³/mol. The molecule has 0 spiro atoms. The molecular formula is C16H13BrClN3O2S. The van der Waals surface area contributed by atoms with Crippen LogP contribution in [0.1, 0.15) is 4.88 Å². The van der Waals surface area contributed by atoms with Crippen LogP contribution in [-0.4, -0.2) is 34.6 Å². The number of aromatic nitrogens is 2. The molecule has 0 unspecified atom stereocenters. The Labute approximate surface area is 156 Å². The minimum atomic E-state index is -0.933.